The highest BCUT2D eigenvalue weighted by Gasteiger charge is 2.23. The van der Waals surface area contributed by atoms with E-state index < -0.39 is 0 Å². The normalized spacial score (nSPS) is 18.8. The van der Waals surface area contributed by atoms with Gasteiger partial charge in [-0.25, -0.2) is 4.98 Å². The molecule has 1 fully saturated rings. The van der Waals surface area contributed by atoms with Gasteiger partial charge in [0.1, 0.15) is 5.82 Å². The molecule has 4 nitrogen and oxygen atoms in total. The van der Waals surface area contributed by atoms with Crippen LogP contribution in [0.25, 0.3) is 11.0 Å². The summed E-state index contributed by atoms with van der Waals surface area (Å²) < 4.78 is 7.42. The fraction of sp³-hybridized carbons (Fsp3) is 0.533. The zero-order valence-electron chi connectivity index (χ0n) is 11.2. The average Bonchev–Trinajstić information content (AvgIpc) is 2.77. The van der Waals surface area contributed by atoms with Gasteiger partial charge in [-0.2, -0.15) is 0 Å². The van der Waals surface area contributed by atoms with E-state index in [-0.39, 0.29) is 6.10 Å². The van der Waals surface area contributed by atoms with E-state index in [9.17, 15) is 5.11 Å². The fourth-order valence-electron chi connectivity index (χ4n) is 2.83. The van der Waals surface area contributed by atoms with E-state index in [1.807, 2.05) is 25.2 Å². The Morgan fingerprint density at radius 3 is 2.84 bits per heavy atom. The monoisotopic (exact) mass is 260 g/mol. The molecule has 0 aliphatic carbocycles. The number of nitrogens with zero attached hydrogens (tertiary/aromatic N) is 2. The lowest BCUT2D eigenvalue weighted by Gasteiger charge is -2.26. The lowest BCUT2D eigenvalue weighted by atomic mass is 9.92. The lowest BCUT2D eigenvalue weighted by Crippen LogP contribution is -2.29. The van der Waals surface area contributed by atoms with Crippen LogP contribution in [0.4, 0.5) is 0 Å². The van der Waals surface area contributed by atoms with Crippen molar-refractivity contribution in [2.24, 2.45) is 13.0 Å². The van der Waals surface area contributed by atoms with Gasteiger partial charge in [-0.3, -0.25) is 0 Å². The van der Waals surface area contributed by atoms with E-state index in [2.05, 4.69) is 15.6 Å². The van der Waals surface area contributed by atoms with Gasteiger partial charge in [0.05, 0.1) is 17.1 Å². The summed E-state index contributed by atoms with van der Waals surface area (Å²) in [6.07, 6.45) is 2.20. The topological polar surface area (TPSA) is 47.3 Å². The maximum absolute atomic E-state index is 10.4. The van der Waals surface area contributed by atoms with E-state index in [0.29, 0.717) is 12.3 Å². The van der Waals surface area contributed by atoms with E-state index in [1.54, 1.807) is 0 Å². The second-order valence-corrected chi connectivity index (χ2v) is 5.30. The maximum Gasteiger partial charge on any atom is 0.112 e. The molecule has 102 valence electrons. The molecule has 0 saturated carbocycles. The highest BCUT2D eigenvalue weighted by atomic mass is 16.5. The molecule has 0 radical (unpaired) electrons. The van der Waals surface area contributed by atoms with Gasteiger partial charge in [0.15, 0.2) is 0 Å². The number of aromatic nitrogens is 2. The van der Waals surface area contributed by atoms with Crippen LogP contribution in [0, 0.1) is 5.92 Å². The third kappa shape index (κ3) is 2.51. The Hall–Kier alpha value is -1.39. The highest BCUT2D eigenvalue weighted by molar-refractivity contribution is 5.75. The minimum atomic E-state index is -0.320. The predicted molar refractivity (Wildman–Crippen MR) is 74.0 cm³/mol. The molecule has 4 heteroatoms. The van der Waals surface area contributed by atoms with Crippen LogP contribution in [0.2, 0.25) is 0 Å². The fourth-order valence-corrected chi connectivity index (χ4v) is 2.83. The van der Waals surface area contributed by atoms with E-state index in [4.69, 9.17) is 4.74 Å². The number of hydrogen-bond donors (Lipinski definition) is 1. The second kappa shape index (κ2) is 5.31. The van der Waals surface area contributed by atoms with Crippen LogP contribution < -0.4 is 0 Å². The van der Waals surface area contributed by atoms with Gasteiger partial charge in [0.2, 0.25) is 0 Å². The third-order valence-electron chi connectivity index (χ3n) is 4.08. The first-order chi connectivity index (χ1) is 9.25. The molecule has 0 amide bonds. The van der Waals surface area contributed by atoms with Crippen LogP contribution in [0.5, 0.6) is 0 Å². The number of aliphatic hydroxyl groups excluding tert-OH is 1. The lowest BCUT2D eigenvalue weighted by molar-refractivity contribution is 0.00752. The van der Waals surface area contributed by atoms with Crippen molar-refractivity contribution in [2.45, 2.75) is 25.4 Å². The van der Waals surface area contributed by atoms with Crippen molar-refractivity contribution < 1.29 is 9.84 Å². The minimum absolute atomic E-state index is 0.320. The Balaban J connectivity index is 1.78. The van der Waals surface area contributed by atoms with Crippen LogP contribution in [0.1, 0.15) is 18.7 Å². The standard InChI is InChI=1S/C15H20N2O2/c1-17-13-5-3-2-4-12(13)16-15(17)10-14(18)11-6-8-19-9-7-11/h2-5,11,14,18H,6-10H2,1H3. The van der Waals surface area contributed by atoms with Crippen molar-refractivity contribution in [3.05, 3.63) is 30.1 Å². The average molecular weight is 260 g/mol. The van der Waals surface area contributed by atoms with Crippen molar-refractivity contribution in [1.29, 1.82) is 0 Å². The summed E-state index contributed by atoms with van der Waals surface area (Å²) in [5.74, 6) is 1.30. The highest BCUT2D eigenvalue weighted by Crippen LogP contribution is 2.22. The summed E-state index contributed by atoms with van der Waals surface area (Å²) >= 11 is 0. The molecule has 1 atom stereocenters. The third-order valence-corrected chi connectivity index (χ3v) is 4.08. The van der Waals surface area contributed by atoms with Gasteiger partial charge < -0.3 is 14.4 Å². The number of para-hydroxylation sites is 2. The Bertz CT molecular complexity index is 558. The Morgan fingerprint density at radius 2 is 2.11 bits per heavy atom. The molecule has 0 spiro atoms. The number of aryl methyl sites for hydroxylation is 1. The van der Waals surface area contributed by atoms with Gasteiger partial charge in [-0.15, -0.1) is 0 Å². The number of aliphatic hydroxyl groups is 1. The zero-order chi connectivity index (χ0) is 13.2. The van der Waals surface area contributed by atoms with Crippen LogP contribution in [-0.2, 0) is 18.2 Å². The molecule has 2 aromatic rings. The largest absolute Gasteiger partial charge is 0.392 e. The van der Waals surface area contributed by atoms with Crippen molar-refractivity contribution >= 4 is 11.0 Å². The number of benzene rings is 1. The molecule has 1 aromatic carbocycles. The van der Waals surface area contributed by atoms with Crippen molar-refractivity contribution in [3.8, 4) is 0 Å². The van der Waals surface area contributed by atoms with Crippen LogP contribution in [0.3, 0.4) is 0 Å². The second-order valence-electron chi connectivity index (χ2n) is 5.30. The molecular weight excluding hydrogens is 240 g/mol. The van der Waals surface area contributed by atoms with E-state index in [0.717, 1.165) is 42.9 Å². The summed E-state index contributed by atoms with van der Waals surface area (Å²) in [4.78, 5) is 4.62. The number of rotatable bonds is 3. The summed E-state index contributed by atoms with van der Waals surface area (Å²) in [6, 6.07) is 8.09. The Labute approximate surface area is 113 Å². The van der Waals surface area contributed by atoms with E-state index >= 15 is 0 Å². The van der Waals surface area contributed by atoms with Crippen molar-refractivity contribution in [3.63, 3.8) is 0 Å². The first-order valence-electron chi connectivity index (χ1n) is 6.92. The Kier molecular flexibility index (Phi) is 3.53. The number of hydrogen-bond acceptors (Lipinski definition) is 3. The molecule has 19 heavy (non-hydrogen) atoms. The molecule has 1 aliphatic rings. The van der Waals surface area contributed by atoms with Crippen LogP contribution in [-0.4, -0.2) is 34.0 Å². The molecular formula is C15H20N2O2. The summed E-state index contributed by atoms with van der Waals surface area (Å²) in [7, 11) is 2.02. The molecule has 2 heterocycles. The predicted octanol–water partition coefficient (Wildman–Crippen LogP) is 1.90. The van der Waals surface area contributed by atoms with Crippen LogP contribution >= 0.6 is 0 Å². The minimum Gasteiger partial charge on any atom is -0.392 e. The maximum atomic E-state index is 10.4. The summed E-state index contributed by atoms with van der Waals surface area (Å²) in [5.41, 5.74) is 2.12. The molecule has 1 unspecified atom stereocenters. The van der Waals surface area contributed by atoms with Gasteiger partial charge in [0, 0.05) is 26.7 Å². The van der Waals surface area contributed by atoms with Crippen molar-refractivity contribution in [2.75, 3.05) is 13.2 Å². The van der Waals surface area contributed by atoms with E-state index in [1.165, 1.54) is 0 Å². The molecule has 1 aromatic heterocycles. The van der Waals surface area contributed by atoms with Gasteiger partial charge >= 0.3 is 0 Å². The molecule has 1 saturated heterocycles. The summed E-state index contributed by atoms with van der Waals surface area (Å²) in [6.45, 7) is 1.54. The smallest absolute Gasteiger partial charge is 0.112 e. The van der Waals surface area contributed by atoms with Gasteiger partial charge in [0.25, 0.3) is 0 Å². The molecule has 1 N–H and O–H groups in total. The van der Waals surface area contributed by atoms with Gasteiger partial charge in [-0.1, -0.05) is 12.1 Å². The number of fused-ring (bicyclic) bond motifs is 1. The molecule has 0 bridgehead atoms. The molecule has 3 rings (SSSR count). The van der Waals surface area contributed by atoms with Crippen LogP contribution in [0.15, 0.2) is 24.3 Å². The van der Waals surface area contributed by atoms with Gasteiger partial charge in [-0.05, 0) is 30.9 Å². The Morgan fingerprint density at radius 1 is 1.37 bits per heavy atom. The molecule has 1 aliphatic heterocycles. The SMILES string of the molecule is Cn1c(CC(O)C2CCOCC2)nc2ccccc21. The van der Waals surface area contributed by atoms with Crippen molar-refractivity contribution in [1.82, 2.24) is 9.55 Å². The zero-order valence-corrected chi connectivity index (χ0v) is 11.2. The summed E-state index contributed by atoms with van der Waals surface area (Å²) in [5, 5.41) is 10.4. The number of imidazole rings is 1. The quantitative estimate of drug-likeness (QED) is 0.917. The first-order valence-corrected chi connectivity index (χ1v) is 6.92. The number of ether oxygens (including phenoxy) is 1. The first kappa shape index (κ1) is 12.6.